The molecule has 1 aliphatic rings. The summed E-state index contributed by atoms with van der Waals surface area (Å²) in [6, 6.07) is 7.68. The summed E-state index contributed by atoms with van der Waals surface area (Å²) in [5, 5.41) is -0.140. The Balaban J connectivity index is 1.92. The van der Waals surface area contributed by atoms with Crippen molar-refractivity contribution in [2.75, 3.05) is 32.1 Å². The van der Waals surface area contributed by atoms with E-state index in [4.69, 9.17) is 17.4 Å². The van der Waals surface area contributed by atoms with Crippen LogP contribution < -0.4 is 16.2 Å². The normalized spacial score (nSPS) is 16.0. The van der Waals surface area contributed by atoms with Crippen molar-refractivity contribution in [2.24, 2.45) is 5.84 Å². The van der Waals surface area contributed by atoms with Crippen LogP contribution in [0.5, 0.6) is 0 Å². The molecule has 1 atom stereocenters. The Morgan fingerprint density at radius 3 is 2.52 bits per heavy atom. The fraction of sp³-hybridized carbons (Fsp3) is 0.333. The molecule has 1 saturated heterocycles. The number of amides is 3. The number of halogens is 3. The number of anilines is 1. The summed E-state index contributed by atoms with van der Waals surface area (Å²) in [7, 11) is 3.90. The number of nitrogens with zero attached hydrogens (tertiary/aromatic N) is 3. The number of hydrogen-bond acceptors (Lipinski definition) is 4. The number of carbonyl (C=O) groups excluding carboxylic acids is 2. The minimum absolute atomic E-state index is 0.0554. The van der Waals surface area contributed by atoms with Crippen molar-refractivity contribution in [3.63, 3.8) is 0 Å². The second kappa shape index (κ2) is 9.59. The first kappa shape index (κ1) is 22.9. The van der Waals surface area contributed by atoms with E-state index in [1.807, 2.05) is 24.4 Å². The SMILES string of the molecule is CN(C)[C@H]1CCN(C(=O)N(Cc2ccc(C(=O)NN)cc2F)c2ccc(F)c(Cl)c2)C1. The smallest absolute Gasteiger partial charge is 0.323 e. The van der Waals surface area contributed by atoms with Gasteiger partial charge < -0.3 is 9.80 Å². The van der Waals surface area contributed by atoms with E-state index in [1.54, 1.807) is 4.90 Å². The third-order valence-corrected chi connectivity index (χ3v) is 5.67. The van der Waals surface area contributed by atoms with E-state index in [0.29, 0.717) is 18.8 Å². The Bertz CT molecular complexity index is 988. The van der Waals surface area contributed by atoms with Gasteiger partial charge in [-0.25, -0.2) is 19.4 Å². The highest BCUT2D eigenvalue weighted by Gasteiger charge is 2.31. The summed E-state index contributed by atoms with van der Waals surface area (Å²) in [5.74, 6) is 3.18. The lowest BCUT2D eigenvalue weighted by Gasteiger charge is -2.29. The summed E-state index contributed by atoms with van der Waals surface area (Å²) in [5.41, 5.74) is 2.53. The van der Waals surface area contributed by atoms with Gasteiger partial charge in [0.25, 0.3) is 5.91 Å². The number of urea groups is 1. The number of hydrazine groups is 1. The van der Waals surface area contributed by atoms with E-state index in [1.165, 1.54) is 29.2 Å². The minimum Gasteiger partial charge on any atom is -0.323 e. The fourth-order valence-corrected chi connectivity index (χ4v) is 3.68. The molecule has 3 rings (SSSR count). The van der Waals surface area contributed by atoms with Gasteiger partial charge in [-0.2, -0.15) is 0 Å². The van der Waals surface area contributed by atoms with Gasteiger partial charge in [-0.1, -0.05) is 17.7 Å². The molecule has 3 N–H and O–H groups in total. The zero-order chi connectivity index (χ0) is 22.7. The molecule has 1 heterocycles. The lowest BCUT2D eigenvalue weighted by molar-refractivity contribution is 0.0953. The molecule has 0 bridgehead atoms. The highest BCUT2D eigenvalue weighted by molar-refractivity contribution is 6.31. The Morgan fingerprint density at radius 2 is 1.94 bits per heavy atom. The predicted octanol–water partition coefficient (Wildman–Crippen LogP) is 2.98. The molecule has 0 saturated carbocycles. The third kappa shape index (κ3) is 5.12. The van der Waals surface area contributed by atoms with E-state index < -0.39 is 17.5 Å². The van der Waals surface area contributed by atoms with Gasteiger partial charge in [0.2, 0.25) is 0 Å². The number of likely N-dealkylation sites (tertiary alicyclic amines) is 1. The quantitative estimate of drug-likeness (QED) is 0.416. The van der Waals surface area contributed by atoms with Crippen molar-refractivity contribution in [3.05, 3.63) is 64.2 Å². The molecule has 0 spiro atoms. The molecule has 10 heteroatoms. The van der Waals surface area contributed by atoms with Crippen molar-refractivity contribution in [1.82, 2.24) is 15.2 Å². The second-order valence-electron chi connectivity index (χ2n) is 7.60. The van der Waals surface area contributed by atoms with Gasteiger partial charge in [-0.3, -0.25) is 15.1 Å². The van der Waals surface area contributed by atoms with Crippen LogP contribution in [0.3, 0.4) is 0 Å². The van der Waals surface area contributed by atoms with Gasteiger partial charge in [0.05, 0.1) is 11.6 Å². The van der Waals surface area contributed by atoms with Crippen molar-refractivity contribution < 1.29 is 18.4 Å². The molecule has 0 aliphatic carbocycles. The van der Waals surface area contributed by atoms with Gasteiger partial charge in [0, 0.05) is 35.9 Å². The molecule has 3 amide bonds. The van der Waals surface area contributed by atoms with Crippen LogP contribution in [0.2, 0.25) is 5.02 Å². The number of nitrogens with two attached hydrogens (primary N) is 1. The molecule has 0 aromatic heterocycles. The predicted molar refractivity (Wildman–Crippen MR) is 115 cm³/mol. The van der Waals surface area contributed by atoms with E-state index in [9.17, 15) is 18.4 Å². The molecular weight excluding hydrogens is 428 g/mol. The lowest BCUT2D eigenvalue weighted by atomic mass is 10.1. The monoisotopic (exact) mass is 451 g/mol. The van der Waals surface area contributed by atoms with Gasteiger partial charge in [-0.15, -0.1) is 0 Å². The fourth-order valence-electron chi connectivity index (χ4n) is 3.50. The number of carbonyl (C=O) groups is 2. The van der Waals surface area contributed by atoms with Crippen LogP contribution in [-0.2, 0) is 6.54 Å². The minimum atomic E-state index is -0.667. The van der Waals surface area contributed by atoms with E-state index in [0.717, 1.165) is 18.6 Å². The maximum absolute atomic E-state index is 14.7. The molecule has 0 radical (unpaired) electrons. The summed E-state index contributed by atoms with van der Waals surface area (Å²) >= 11 is 5.93. The number of rotatable bonds is 5. The van der Waals surface area contributed by atoms with Crippen molar-refractivity contribution in [2.45, 2.75) is 19.0 Å². The van der Waals surface area contributed by atoms with E-state index in [-0.39, 0.29) is 34.8 Å². The van der Waals surface area contributed by atoms with Crippen LogP contribution in [0.25, 0.3) is 0 Å². The second-order valence-corrected chi connectivity index (χ2v) is 8.01. The Hall–Kier alpha value is -2.75. The van der Waals surface area contributed by atoms with Crippen LogP contribution in [0, 0.1) is 11.6 Å². The Morgan fingerprint density at radius 1 is 1.19 bits per heavy atom. The highest BCUT2D eigenvalue weighted by Crippen LogP contribution is 2.27. The first-order valence-electron chi connectivity index (χ1n) is 9.68. The molecular formula is C21H24ClF2N5O2. The topological polar surface area (TPSA) is 81.9 Å². The summed E-state index contributed by atoms with van der Waals surface area (Å²) < 4.78 is 28.4. The van der Waals surface area contributed by atoms with Crippen LogP contribution in [-0.4, -0.2) is 55.0 Å². The Kier molecular flexibility index (Phi) is 7.09. The number of nitrogen functional groups attached to an aromatic ring is 1. The zero-order valence-electron chi connectivity index (χ0n) is 17.2. The largest absolute Gasteiger partial charge is 0.324 e. The van der Waals surface area contributed by atoms with Crippen molar-refractivity contribution in [1.29, 1.82) is 0 Å². The van der Waals surface area contributed by atoms with Crippen molar-refractivity contribution in [3.8, 4) is 0 Å². The number of likely N-dealkylation sites (N-methyl/N-ethyl adjacent to an activating group) is 1. The van der Waals surface area contributed by atoms with Gasteiger partial charge in [-0.05, 0) is 50.8 Å². The van der Waals surface area contributed by atoms with Crippen LogP contribution in [0.15, 0.2) is 36.4 Å². The van der Waals surface area contributed by atoms with Crippen LogP contribution in [0.4, 0.5) is 19.3 Å². The maximum Gasteiger partial charge on any atom is 0.324 e. The third-order valence-electron chi connectivity index (χ3n) is 5.38. The highest BCUT2D eigenvalue weighted by atomic mass is 35.5. The molecule has 2 aromatic rings. The Labute approximate surface area is 184 Å². The standard InChI is InChI=1S/C21H24ClF2N5O2/c1-27(2)16-7-8-28(12-16)21(31)29(15-5-6-18(23)17(22)10-15)11-14-4-3-13(9-19(14)24)20(30)26-25/h3-6,9-10,16H,7-8,11-12,25H2,1-2H3,(H,26,30)/t16-/m0/s1. The van der Waals surface area contributed by atoms with E-state index in [2.05, 4.69) is 0 Å². The average molecular weight is 452 g/mol. The zero-order valence-corrected chi connectivity index (χ0v) is 18.0. The first-order chi connectivity index (χ1) is 14.7. The van der Waals surface area contributed by atoms with Crippen LogP contribution in [0.1, 0.15) is 22.3 Å². The van der Waals surface area contributed by atoms with Crippen molar-refractivity contribution >= 4 is 29.2 Å². The van der Waals surface area contributed by atoms with Gasteiger partial charge in [0.1, 0.15) is 11.6 Å². The number of hydrogen-bond donors (Lipinski definition) is 2. The molecule has 0 unspecified atom stereocenters. The van der Waals surface area contributed by atoms with Gasteiger partial charge >= 0.3 is 6.03 Å². The summed E-state index contributed by atoms with van der Waals surface area (Å²) in [6.45, 7) is 0.945. The number of nitrogens with one attached hydrogen (secondary N) is 1. The summed E-state index contributed by atoms with van der Waals surface area (Å²) in [4.78, 5) is 30.0. The van der Waals surface area contributed by atoms with Crippen LogP contribution >= 0.6 is 11.6 Å². The summed E-state index contributed by atoms with van der Waals surface area (Å²) in [6.07, 6.45) is 0.814. The number of benzene rings is 2. The lowest BCUT2D eigenvalue weighted by Crippen LogP contribution is -2.43. The first-order valence-corrected chi connectivity index (χ1v) is 10.1. The molecule has 1 fully saturated rings. The molecule has 31 heavy (non-hydrogen) atoms. The molecule has 1 aliphatic heterocycles. The molecule has 2 aromatic carbocycles. The maximum atomic E-state index is 14.7. The molecule has 7 nitrogen and oxygen atoms in total. The van der Waals surface area contributed by atoms with E-state index >= 15 is 0 Å². The van der Waals surface area contributed by atoms with Gasteiger partial charge in [0.15, 0.2) is 0 Å². The molecule has 166 valence electrons. The average Bonchev–Trinajstić information content (AvgIpc) is 3.24.